The minimum absolute atomic E-state index is 0.175. The second-order valence-electron chi connectivity index (χ2n) is 11.8. The Labute approximate surface area is 267 Å². The summed E-state index contributed by atoms with van der Waals surface area (Å²) in [5, 5.41) is 3.02. The highest BCUT2D eigenvalue weighted by Gasteiger charge is 2.34. The summed E-state index contributed by atoms with van der Waals surface area (Å²) >= 11 is 0. The van der Waals surface area contributed by atoms with Crippen molar-refractivity contribution < 1.29 is 38.1 Å². The Morgan fingerprint density at radius 3 is 2.65 bits per heavy atom. The van der Waals surface area contributed by atoms with Gasteiger partial charge in [-0.15, -0.1) is 0 Å². The standard InChI is InChI=1S/C34H38N4O8/c1-21(2)19-44-26-13-24-14-27(15-26)46-25-7-5-6-22(12-25)20-45-30-17-38(11-10-28(30)36-31(39)18-37(3)32(24)40)33(41)29-9-8-23(16-35-29)34(42)43-4/h5-9,12-16,21,28,30H,10-11,17-20H2,1-4H3,(H,36,39)/t28-,30-/m0/s1. The number of nitrogens with zero attached hydrogens (tertiary/aromatic N) is 3. The molecule has 12 heteroatoms. The largest absolute Gasteiger partial charge is 0.493 e. The van der Waals surface area contributed by atoms with Gasteiger partial charge >= 0.3 is 5.97 Å². The molecule has 0 radical (unpaired) electrons. The van der Waals surface area contributed by atoms with Crippen molar-refractivity contribution in [3.05, 3.63) is 83.2 Å². The third-order valence-corrected chi connectivity index (χ3v) is 7.63. The van der Waals surface area contributed by atoms with Crippen LogP contribution in [0.3, 0.4) is 0 Å². The van der Waals surface area contributed by atoms with E-state index < -0.39 is 18.1 Å². The fraction of sp³-hybridized carbons (Fsp3) is 0.382. The molecule has 242 valence electrons. The van der Waals surface area contributed by atoms with Crippen LogP contribution in [0.2, 0.25) is 0 Å². The number of aromatic nitrogens is 1. The molecule has 2 atom stereocenters. The summed E-state index contributed by atoms with van der Waals surface area (Å²) in [6, 6.07) is 15.0. The first kappa shape index (κ1) is 32.4. The monoisotopic (exact) mass is 630 g/mol. The Balaban J connectivity index is 1.38. The number of rotatable bonds is 5. The average Bonchev–Trinajstić information content (AvgIpc) is 3.05. The van der Waals surface area contributed by atoms with E-state index in [0.29, 0.717) is 42.4 Å². The van der Waals surface area contributed by atoms with Gasteiger partial charge in [-0.1, -0.05) is 26.0 Å². The van der Waals surface area contributed by atoms with E-state index in [1.807, 2.05) is 38.1 Å². The lowest BCUT2D eigenvalue weighted by atomic mass is 10.0. The fourth-order valence-electron chi connectivity index (χ4n) is 5.25. The van der Waals surface area contributed by atoms with E-state index in [4.69, 9.17) is 18.9 Å². The second-order valence-corrected chi connectivity index (χ2v) is 11.8. The summed E-state index contributed by atoms with van der Waals surface area (Å²) in [6.07, 6.45) is 1.17. The van der Waals surface area contributed by atoms with Crippen LogP contribution in [0.5, 0.6) is 17.2 Å². The van der Waals surface area contributed by atoms with Crippen molar-refractivity contribution in [2.45, 2.75) is 39.0 Å². The first-order valence-electron chi connectivity index (χ1n) is 15.1. The number of nitrogens with one attached hydrogen (secondary N) is 1. The zero-order valence-electron chi connectivity index (χ0n) is 26.4. The van der Waals surface area contributed by atoms with E-state index in [1.165, 1.54) is 30.3 Å². The molecule has 4 bridgehead atoms. The lowest BCUT2D eigenvalue weighted by Crippen LogP contribution is -2.57. The van der Waals surface area contributed by atoms with Gasteiger partial charge in [0.2, 0.25) is 5.91 Å². The molecular formula is C34H38N4O8. The van der Waals surface area contributed by atoms with Crippen molar-refractivity contribution in [2.75, 3.05) is 40.4 Å². The maximum absolute atomic E-state index is 13.5. The zero-order valence-corrected chi connectivity index (χ0v) is 26.4. The quantitative estimate of drug-likeness (QED) is 0.419. The summed E-state index contributed by atoms with van der Waals surface area (Å²) in [5.74, 6) is 0.152. The van der Waals surface area contributed by atoms with E-state index in [1.54, 1.807) is 30.1 Å². The third-order valence-electron chi connectivity index (χ3n) is 7.63. The lowest BCUT2D eigenvalue weighted by molar-refractivity contribution is -0.124. The van der Waals surface area contributed by atoms with Crippen LogP contribution in [-0.4, -0.2) is 91.0 Å². The smallest absolute Gasteiger partial charge is 0.339 e. The number of carbonyl (C=O) groups excluding carboxylic acids is 4. The molecule has 3 heterocycles. The fourth-order valence-corrected chi connectivity index (χ4v) is 5.25. The number of likely N-dealkylation sites (tertiary alicyclic amines) is 1. The SMILES string of the molecule is COC(=O)c1ccc(C(=O)N2CC[C@@H]3NC(=O)CN(C)C(=O)c4cc(OCC(C)C)cc(c4)Oc4cccc(c4)CO[C@H]3C2)nc1. The highest BCUT2D eigenvalue weighted by atomic mass is 16.5. The number of piperidine rings is 1. The normalized spacial score (nSPS) is 18.7. The molecule has 1 fully saturated rings. The molecule has 0 saturated carbocycles. The number of hydrogen-bond acceptors (Lipinski definition) is 9. The molecule has 12 nitrogen and oxygen atoms in total. The topological polar surface area (TPSA) is 137 Å². The minimum atomic E-state index is -0.553. The van der Waals surface area contributed by atoms with Crippen LogP contribution in [0.1, 0.15) is 57.0 Å². The van der Waals surface area contributed by atoms with Crippen molar-refractivity contribution in [1.29, 1.82) is 0 Å². The number of methoxy groups -OCH3 is 1. The number of hydrogen-bond donors (Lipinski definition) is 1. The molecule has 0 unspecified atom stereocenters. The molecule has 3 amide bonds. The van der Waals surface area contributed by atoms with Gasteiger partial charge in [0.1, 0.15) is 22.9 Å². The Hall–Kier alpha value is -4.97. The van der Waals surface area contributed by atoms with Gasteiger partial charge in [-0.2, -0.15) is 0 Å². The molecule has 2 aliphatic rings. The molecule has 1 aromatic heterocycles. The first-order valence-corrected chi connectivity index (χ1v) is 15.1. The summed E-state index contributed by atoms with van der Waals surface area (Å²) < 4.78 is 23.1. The highest BCUT2D eigenvalue weighted by molar-refractivity contribution is 5.97. The summed E-state index contributed by atoms with van der Waals surface area (Å²) in [4.78, 5) is 58.9. The molecular weight excluding hydrogens is 592 g/mol. The number of fused-ring (bicyclic) bond motifs is 5. The number of benzene rings is 2. The van der Waals surface area contributed by atoms with E-state index in [0.717, 1.165) is 5.56 Å². The van der Waals surface area contributed by atoms with E-state index >= 15 is 0 Å². The Kier molecular flexibility index (Phi) is 10.2. The van der Waals surface area contributed by atoms with Gasteiger partial charge in [-0.05, 0) is 54.3 Å². The van der Waals surface area contributed by atoms with Crippen LogP contribution in [0.25, 0.3) is 0 Å². The van der Waals surface area contributed by atoms with Gasteiger partial charge < -0.3 is 34.1 Å². The van der Waals surface area contributed by atoms with Crippen molar-refractivity contribution in [3.63, 3.8) is 0 Å². The van der Waals surface area contributed by atoms with Gasteiger partial charge in [0.05, 0.1) is 44.6 Å². The predicted octanol–water partition coefficient (Wildman–Crippen LogP) is 3.70. The molecule has 46 heavy (non-hydrogen) atoms. The number of carbonyl (C=O) groups is 4. The van der Waals surface area contributed by atoms with E-state index in [2.05, 4.69) is 10.3 Å². The molecule has 5 rings (SSSR count). The van der Waals surface area contributed by atoms with Crippen LogP contribution in [-0.2, 0) is 20.9 Å². The first-order chi connectivity index (χ1) is 22.1. The van der Waals surface area contributed by atoms with Gasteiger partial charge in [-0.25, -0.2) is 4.79 Å². The van der Waals surface area contributed by atoms with E-state index in [9.17, 15) is 19.2 Å². The Morgan fingerprint density at radius 1 is 1.09 bits per heavy atom. The van der Waals surface area contributed by atoms with Gasteiger partial charge in [0.15, 0.2) is 0 Å². The second kappa shape index (κ2) is 14.4. The summed E-state index contributed by atoms with van der Waals surface area (Å²) in [7, 11) is 2.83. The molecule has 1 saturated heterocycles. The number of pyridine rings is 1. The summed E-state index contributed by atoms with van der Waals surface area (Å²) in [6.45, 7) is 5.08. The molecule has 0 spiro atoms. The Bertz CT molecular complexity index is 1590. The minimum Gasteiger partial charge on any atom is -0.493 e. The van der Waals surface area contributed by atoms with Crippen LogP contribution < -0.4 is 14.8 Å². The highest BCUT2D eigenvalue weighted by Crippen LogP contribution is 2.30. The molecule has 2 aromatic carbocycles. The number of esters is 1. The zero-order chi connectivity index (χ0) is 32.8. The number of ether oxygens (including phenoxy) is 4. The van der Waals surface area contributed by atoms with Crippen LogP contribution >= 0.6 is 0 Å². The van der Waals surface area contributed by atoms with Crippen LogP contribution in [0.15, 0.2) is 60.8 Å². The van der Waals surface area contributed by atoms with Crippen molar-refractivity contribution >= 4 is 23.7 Å². The third kappa shape index (κ3) is 7.99. The van der Waals surface area contributed by atoms with Gasteiger partial charge in [-0.3, -0.25) is 19.4 Å². The van der Waals surface area contributed by atoms with Crippen LogP contribution in [0, 0.1) is 5.92 Å². The van der Waals surface area contributed by atoms with Gasteiger partial charge in [0, 0.05) is 38.0 Å². The number of likely N-dealkylation sites (N-methyl/N-ethyl adjacent to an activating group) is 1. The van der Waals surface area contributed by atoms with Crippen molar-refractivity contribution in [3.8, 4) is 17.2 Å². The van der Waals surface area contributed by atoms with Crippen molar-refractivity contribution in [1.82, 2.24) is 20.1 Å². The molecule has 0 aliphatic carbocycles. The molecule has 2 aliphatic heterocycles. The van der Waals surface area contributed by atoms with Gasteiger partial charge in [0.25, 0.3) is 11.8 Å². The molecule has 3 aromatic rings. The number of amides is 3. The van der Waals surface area contributed by atoms with E-state index in [-0.39, 0.29) is 54.6 Å². The van der Waals surface area contributed by atoms with Crippen LogP contribution in [0.4, 0.5) is 0 Å². The maximum Gasteiger partial charge on any atom is 0.339 e. The van der Waals surface area contributed by atoms with Crippen molar-refractivity contribution in [2.24, 2.45) is 5.92 Å². The lowest BCUT2D eigenvalue weighted by Gasteiger charge is -2.38. The summed E-state index contributed by atoms with van der Waals surface area (Å²) in [5.41, 5.74) is 1.56. The average molecular weight is 631 g/mol. The molecule has 1 N–H and O–H groups in total. The predicted molar refractivity (Wildman–Crippen MR) is 167 cm³/mol. The maximum atomic E-state index is 13.5. The Morgan fingerprint density at radius 2 is 1.91 bits per heavy atom.